The van der Waals surface area contributed by atoms with Gasteiger partial charge in [0.05, 0.1) is 16.5 Å². The van der Waals surface area contributed by atoms with E-state index in [1.165, 1.54) is 12.1 Å². The molecule has 1 aromatic heterocycles. The lowest BCUT2D eigenvalue weighted by atomic mass is 10.1. The summed E-state index contributed by atoms with van der Waals surface area (Å²) in [7, 11) is 0. The Bertz CT molecular complexity index is 533. The number of benzene rings is 1. The highest BCUT2D eigenvalue weighted by atomic mass is 16.6. The molecule has 0 bridgehead atoms. The van der Waals surface area contributed by atoms with Crippen LogP contribution in [0.15, 0.2) is 24.4 Å². The fourth-order valence-electron chi connectivity index (χ4n) is 1.75. The van der Waals surface area contributed by atoms with Gasteiger partial charge in [0.2, 0.25) is 0 Å². The molecule has 0 saturated heterocycles. The molecule has 16 heavy (non-hydrogen) atoms. The molecule has 84 valence electrons. The summed E-state index contributed by atoms with van der Waals surface area (Å²) in [6.07, 6.45) is 1.78. The van der Waals surface area contributed by atoms with Gasteiger partial charge in [-0.25, -0.2) is 0 Å². The maximum absolute atomic E-state index is 10.6. The van der Waals surface area contributed by atoms with E-state index >= 15 is 0 Å². The van der Waals surface area contributed by atoms with Crippen molar-refractivity contribution in [3.05, 3.63) is 40.1 Å². The van der Waals surface area contributed by atoms with Crippen molar-refractivity contribution in [2.45, 2.75) is 19.4 Å². The molecule has 0 aliphatic heterocycles. The Kier molecular flexibility index (Phi) is 2.62. The second kappa shape index (κ2) is 3.94. The van der Waals surface area contributed by atoms with Crippen LogP contribution in [0.2, 0.25) is 0 Å². The van der Waals surface area contributed by atoms with Crippen LogP contribution >= 0.6 is 0 Å². The Morgan fingerprint density at radius 3 is 2.94 bits per heavy atom. The highest BCUT2D eigenvalue weighted by Gasteiger charge is 2.13. The number of H-pyrrole nitrogens is 1. The number of fused-ring (bicyclic) bond motifs is 1. The molecule has 0 saturated carbocycles. The number of aliphatic hydroxyl groups is 1. The van der Waals surface area contributed by atoms with Gasteiger partial charge in [0.1, 0.15) is 0 Å². The Labute approximate surface area is 91.9 Å². The molecule has 0 aliphatic rings. The van der Waals surface area contributed by atoms with Crippen molar-refractivity contribution in [1.82, 2.24) is 4.98 Å². The molecule has 0 amide bonds. The van der Waals surface area contributed by atoms with Gasteiger partial charge in [0, 0.05) is 29.3 Å². The zero-order chi connectivity index (χ0) is 11.7. The third-order valence-corrected chi connectivity index (χ3v) is 2.65. The van der Waals surface area contributed by atoms with Crippen LogP contribution in [0.4, 0.5) is 5.69 Å². The minimum absolute atomic E-state index is 0.0480. The first-order valence-electron chi connectivity index (χ1n) is 5.07. The standard InChI is InChI=1S/C11H12N2O3/c1-2-11(14)9-6-12-10-5-7(13(15)16)3-4-8(9)10/h3-6,11-12,14H,2H2,1H3/t11-/m1/s1. The van der Waals surface area contributed by atoms with E-state index in [2.05, 4.69) is 4.98 Å². The minimum Gasteiger partial charge on any atom is -0.388 e. The first-order chi connectivity index (χ1) is 7.63. The highest BCUT2D eigenvalue weighted by molar-refractivity contribution is 5.85. The molecule has 2 rings (SSSR count). The van der Waals surface area contributed by atoms with Gasteiger partial charge < -0.3 is 10.1 Å². The Balaban J connectivity index is 2.54. The third kappa shape index (κ3) is 1.65. The molecule has 0 unspecified atom stereocenters. The smallest absolute Gasteiger partial charge is 0.271 e. The van der Waals surface area contributed by atoms with Gasteiger partial charge in [-0.1, -0.05) is 6.92 Å². The van der Waals surface area contributed by atoms with Gasteiger partial charge in [0.15, 0.2) is 0 Å². The summed E-state index contributed by atoms with van der Waals surface area (Å²) in [5.41, 5.74) is 1.51. The fraction of sp³-hybridized carbons (Fsp3) is 0.273. The molecule has 1 aromatic carbocycles. The van der Waals surface area contributed by atoms with Crippen LogP contribution in [-0.4, -0.2) is 15.0 Å². The van der Waals surface area contributed by atoms with E-state index in [4.69, 9.17) is 0 Å². The van der Waals surface area contributed by atoms with E-state index in [1.807, 2.05) is 6.92 Å². The molecule has 0 spiro atoms. The molecular weight excluding hydrogens is 208 g/mol. The second-order valence-corrected chi connectivity index (χ2v) is 3.66. The topological polar surface area (TPSA) is 79.2 Å². The summed E-state index contributed by atoms with van der Waals surface area (Å²) in [6, 6.07) is 4.58. The van der Waals surface area contributed by atoms with Crippen molar-refractivity contribution in [2.75, 3.05) is 0 Å². The van der Waals surface area contributed by atoms with E-state index in [0.29, 0.717) is 11.9 Å². The number of nitro benzene ring substituents is 1. The number of nitrogens with one attached hydrogen (secondary N) is 1. The quantitative estimate of drug-likeness (QED) is 0.616. The third-order valence-electron chi connectivity index (χ3n) is 2.65. The van der Waals surface area contributed by atoms with Crippen molar-refractivity contribution in [2.24, 2.45) is 0 Å². The monoisotopic (exact) mass is 220 g/mol. The number of aliphatic hydroxyl groups excluding tert-OH is 1. The van der Waals surface area contributed by atoms with Crippen molar-refractivity contribution >= 4 is 16.6 Å². The number of aromatic nitrogens is 1. The summed E-state index contributed by atoms with van der Waals surface area (Å²) in [6.45, 7) is 1.88. The number of non-ortho nitro benzene ring substituents is 1. The Morgan fingerprint density at radius 1 is 1.56 bits per heavy atom. The summed E-state index contributed by atoms with van der Waals surface area (Å²) in [4.78, 5) is 13.1. The summed E-state index contributed by atoms with van der Waals surface area (Å²) < 4.78 is 0. The largest absolute Gasteiger partial charge is 0.388 e. The van der Waals surface area contributed by atoms with E-state index in [1.54, 1.807) is 12.3 Å². The van der Waals surface area contributed by atoms with E-state index < -0.39 is 11.0 Å². The van der Waals surface area contributed by atoms with E-state index in [-0.39, 0.29) is 5.69 Å². The second-order valence-electron chi connectivity index (χ2n) is 3.66. The average molecular weight is 220 g/mol. The van der Waals surface area contributed by atoms with Gasteiger partial charge in [0.25, 0.3) is 5.69 Å². The number of hydrogen-bond donors (Lipinski definition) is 2. The van der Waals surface area contributed by atoms with Crippen molar-refractivity contribution in [3.63, 3.8) is 0 Å². The molecular formula is C11H12N2O3. The molecule has 0 fully saturated rings. The first kappa shape index (κ1) is 10.6. The lowest BCUT2D eigenvalue weighted by Gasteiger charge is -2.05. The average Bonchev–Trinajstić information content (AvgIpc) is 2.70. The van der Waals surface area contributed by atoms with Crippen LogP contribution in [0.3, 0.4) is 0 Å². The van der Waals surface area contributed by atoms with Crippen LogP contribution < -0.4 is 0 Å². The molecule has 0 aliphatic carbocycles. The molecule has 5 nitrogen and oxygen atoms in total. The number of nitrogens with zero attached hydrogens (tertiary/aromatic N) is 1. The van der Waals surface area contributed by atoms with Crippen LogP contribution in [-0.2, 0) is 0 Å². The van der Waals surface area contributed by atoms with Gasteiger partial charge in [-0.05, 0) is 12.5 Å². The van der Waals surface area contributed by atoms with Crippen molar-refractivity contribution in [3.8, 4) is 0 Å². The van der Waals surface area contributed by atoms with Crippen LogP contribution in [0.1, 0.15) is 25.0 Å². The van der Waals surface area contributed by atoms with Crippen molar-refractivity contribution in [1.29, 1.82) is 0 Å². The number of aromatic amines is 1. The maximum atomic E-state index is 10.6. The molecule has 1 heterocycles. The molecule has 1 atom stereocenters. The van der Waals surface area contributed by atoms with Crippen molar-refractivity contribution < 1.29 is 10.0 Å². The number of hydrogen-bond acceptors (Lipinski definition) is 3. The van der Waals surface area contributed by atoms with Gasteiger partial charge in [-0.15, -0.1) is 0 Å². The lowest BCUT2D eigenvalue weighted by molar-refractivity contribution is -0.384. The number of nitro groups is 1. The predicted molar refractivity (Wildman–Crippen MR) is 60.2 cm³/mol. The summed E-state index contributed by atoms with van der Waals surface area (Å²) >= 11 is 0. The zero-order valence-electron chi connectivity index (χ0n) is 8.80. The lowest BCUT2D eigenvalue weighted by Crippen LogP contribution is -1.93. The Hall–Kier alpha value is -1.88. The normalized spacial score (nSPS) is 12.9. The zero-order valence-corrected chi connectivity index (χ0v) is 8.80. The molecule has 2 N–H and O–H groups in total. The molecule has 0 radical (unpaired) electrons. The van der Waals surface area contributed by atoms with Crippen LogP contribution in [0.25, 0.3) is 10.9 Å². The van der Waals surface area contributed by atoms with Crippen LogP contribution in [0, 0.1) is 10.1 Å². The van der Waals surface area contributed by atoms with Crippen LogP contribution in [0.5, 0.6) is 0 Å². The SMILES string of the molecule is CC[C@@H](O)c1c[nH]c2cc([N+](=O)[O-])ccc12. The van der Waals surface area contributed by atoms with E-state index in [9.17, 15) is 15.2 Å². The fourth-order valence-corrected chi connectivity index (χ4v) is 1.75. The predicted octanol–water partition coefficient (Wildman–Crippen LogP) is 2.52. The minimum atomic E-state index is -0.532. The first-order valence-corrected chi connectivity index (χ1v) is 5.07. The molecule has 5 heteroatoms. The molecule has 2 aromatic rings. The Morgan fingerprint density at radius 2 is 2.31 bits per heavy atom. The summed E-state index contributed by atoms with van der Waals surface area (Å²) in [5.74, 6) is 0. The summed E-state index contributed by atoms with van der Waals surface area (Å²) in [5, 5.41) is 21.2. The maximum Gasteiger partial charge on any atom is 0.271 e. The highest BCUT2D eigenvalue weighted by Crippen LogP contribution is 2.28. The van der Waals surface area contributed by atoms with Gasteiger partial charge in [-0.3, -0.25) is 10.1 Å². The van der Waals surface area contributed by atoms with Gasteiger partial charge >= 0.3 is 0 Å². The number of rotatable bonds is 3. The van der Waals surface area contributed by atoms with Gasteiger partial charge in [-0.2, -0.15) is 0 Å². The van der Waals surface area contributed by atoms with E-state index in [0.717, 1.165) is 10.9 Å².